The van der Waals surface area contributed by atoms with Crippen molar-refractivity contribution in [3.8, 4) is 0 Å². The summed E-state index contributed by atoms with van der Waals surface area (Å²) in [7, 11) is 1.92. The molecule has 2 heteroatoms. The Morgan fingerprint density at radius 3 is 2.71 bits per heavy atom. The van der Waals surface area contributed by atoms with Gasteiger partial charge in [0, 0.05) is 12.0 Å². The Morgan fingerprint density at radius 1 is 1.35 bits per heavy atom. The largest absolute Gasteiger partial charge is 0.319 e. The zero-order valence-corrected chi connectivity index (χ0v) is 10.8. The monoisotopic (exact) mass is 231 g/mol. The van der Waals surface area contributed by atoms with Gasteiger partial charge in [0.2, 0.25) is 0 Å². The lowest BCUT2D eigenvalue weighted by molar-refractivity contribution is 0.0991. The number of likely N-dealkylation sites (N-methyl/N-ethyl adjacent to an activating group) is 1. The summed E-state index contributed by atoms with van der Waals surface area (Å²) in [5.74, 6) is 0.184. The molecule has 0 heterocycles. The fourth-order valence-corrected chi connectivity index (χ4v) is 1.72. The third-order valence-corrected chi connectivity index (χ3v) is 2.87. The molecule has 0 aliphatic heterocycles. The summed E-state index contributed by atoms with van der Waals surface area (Å²) in [6.45, 7) is 6.82. The minimum Gasteiger partial charge on any atom is -0.319 e. The van der Waals surface area contributed by atoms with Gasteiger partial charge in [-0.3, -0.25) is 4.79 Å². The minimum atomic E-state index is 0.184. The number of Topliss-reactive ketones (excluding diaryl/α,β-unsaturated/α-hetero) is 1. The lowest BCUT2D eigenvalue weighted by Crippen LogP contribution is -2.13. The van der Waals surface area contributed by atoms with Gasteiger partial charge in [-0.05, 0) is 32.0 Å². The van der Waals surface area contributed by atoms with Gasteiger partial charge < -0.3 is 5.32 Å². The fourth-order valence-electron chi connectivity index (χ4n) is 1.72. The van der Waals surface area contributed by atoms with E-state index in [0.717, 1.165) is 36.1 Å². The molecule has 0 saturated carbocycles. The lowest BCUT2D eigenvalue weighted by Gasteiger charge is -2.09. The number of ketones is 1. The van der Waals surface area contributed by atoms with E-state index in [-0.39, 0.29) is 5.78 Å². The fraction of sp³-hybridized carbons (Fsp3) is 0.400. The van der Waals surface area contributed by atoms with Crippen molar-refractivity contribution in [1.82, 2.24) is 5.32 Å². The number of nitrogens with one attached hydrogen (secondary N) is 1. The van der Waals surface area contributed by atoms with E-state index in [1.807, 2.05) is 38.2 Å². The molecule has 17 heavy (non-hydrogen) atoms. The van der Waals surface area contributed by atoms with Crippen molar-refractivity contribution in [2.75, 3.05) is 13.6 Å². The second kappa shape index (κ2) is 7.02. The van der Waals surface area contributed by atoms with Gasteiger partial charge in [-0.2, -0.15) is 0 Å². The van der Waals surface area contributed by atoms with Crippen LogP contribution in [0, 0.1) is 0 Å². The molecule has 0 bridgehead atoms. The van der Waals surface area contributed by atoms with E-state index >= 15 is 0 Å². The topological polar surface area (TPSA) is 29.1 Å². The molecule has 0 aromatic heterocycles. The lowest BCUT2D eigenvalue weighted by atomic mass is 9.96. The second-order valence-corrected chi connectivity index (χ2v) is 4.21. The first-order valence-electron chi connectivity index (χ1n) is 6.11. The van der Waals surface area contributed by atoms with Crippen LogP contribution in [0.4, 0.5) is 0 Å². The smallest absolute Gasteiger partial charge is 0.167 e. The molecule has 1 aromatic carbocycles. The van der Waals surface area contributed by atoms with Crippen molar-refractivity contribution in [3.05, 3.63) is 47.5 Å². The molecule has 0 radical (unpaired) electrons. The van der Waals surface area contributed by atoms with Gasteiger partial charge in [-0.15, -0.1) is 0 Å². The molecule has 0 atom stereocenters. The van der Waals surface area contributed by atoms with Crippen LogP contribution in [0.15, 0.2) is 36.4 Å². The maximum Gasteiger partial charge on any atom is 0.167 e. The molecule has 1 rings (SSSR count). The SMILES string of the molecule is C=C(CC)CC(=O)c1ccccc1CCNC. The van der Waals surface area contributed by atoms with E-state index in [0.29, 0.717) is 6.42 Å². The predicted molar refractivity (Wildman–Crippen MR) is 72.5 cm³/mol. The predicted octanol–water partition coefficient (Wildman–Crippen LogP) is 2.99. The van der Waals surface area contributed by atoms with Crippen LogP contribution >= 0.6 is 0 Å². The highest BCUT2D eigenvalue weighted by Crippen LogP contribution is 2.15. The van der Waals surface area contributed by atoms with Crippen LogP contribution in [0.1, 0.15) is 35.7 Å². The van der Waals surface area contributed by atoms with E-state index in [1.54, 1.807) is 0 Å². The number of carbonyl (C=O) groups is 1. The van der Waals surface area contributed by atoms with Gasteiger partial charge in [-0.25, -0.2) is 0 Å². The van der Waals surface area contributed by atoms with Gasteiger partial charge in [0.25, 0.3) is 0 Å². The highest BCUT2D eigenvalue weighted by Gasteiger charge is 2.11. The Balaban J connectivity index is 2.81. The Hall–Kier alpha value is -1.41. The van der Waals surface area contributed by atoms with Crippen LogP contribution in [0.3, 0.4) is 0 Å². The highest BCUT2D eigenvalue weighted by atomic mass is 16.1. The summed E-state index contributed by atoms with van der Waals surface area (Å²) >= 11 is 0. The van der Waals surface area contributed by atoms with Crippen LogP contribution in [0.5, 0.6) is 0 Å². The molecule has 92 valence electrons. The van der Waals surface area contributed by atoms with E-state index in [1.165, 1.54) is 0 Å². The zero-order chi connectivity index (χ0) is 12.7. The summed E-state index contributed by atoms with van der Waals surface area (Å²) in [5.41, 5.74) is 2.96. The Kier molecular flexibility index (Phi) is 5.64. The van der Waals surface area contributed by atoms with Crippen LogP contribution in [0.25, 0.3) is 0 Å². The average molecular weight is 231 g/mol. The Bertz CT molecular complexity index is 396. The zero-order valence-electron chi connectivity index (χ0n) is 10.8. The maximum absolute atomic E-state index is 12.1. The number of allylic oxidation sites excluding steroid dienone is 1. The van der Waals surface area contributed by atoms with Crippen molar-refractivity contribution in [1.29, 1.82) is 0 Å². The van der Waals surface area contributed by atoms with Crippen molar-refractivity contribution >= 4 is 5.78 Å². The molecule has 0 aliphatic carbocycles. The summed E-state index contributed by atoms with van der Waals surface area (Å²) in [6.07, 6.45) is 2.22. The van der Waals surface area contributed by atoms with E-state index in [9.17, 15) is 4.79 Å². The molecule has 1 aromatic rings. The van der Waals surface area contributed by atoms with Gasteiger partial charge >= 0.3 is 0 Å². The molecule has 2 nitrogen and oxygen atoms in total. The Morgan fingerprint density at radius 2 is 2.06 bits per heavy atom. The van der Waals surface area contributed by atoms with Gasteiger partial charge in [0.1, 0.15) is 0 Å². The average Bonchev–Trinajstić information content (AvgIpc) is 2.36. The normalized spacial score (nSPS) is 10.2. The van der Waals surface area contributed by atoms with Crippen molar-refractivity contribution in [2.45, 2.75) is 26.2 Å². The molecular weight excluding hydrogens is 210 g/mol. The third kappa shape index (κ3) is 4.16. The van der Waals surface area contributed by atoms with Crippen LogP contribution in [-0.2, 0) is 6.42 Å². The Labute approximate surface area is 104 Å². The number of carbonyl (C=O) groups excluding carboxylic acids is 1. The van der Waals surface area contributed by atoms with Crippen LogP contribution in [0.2, 0.25) is 0 Å². The first kappa shape index (κ1) is 13.7. The molecule has 0 unspecified atom stereocenters. The van der Waals surface area contributed by atoms with Crippen LogP contribution < -0.4 is 5.32 Å². The molecule has 0 fully saturated rings. The first-order valence-corrected chi connectivity index (χ1v) is 6.11. The van der Waals surface area contributed by atoms with Crippen molar-refractivity contribution < 1.29 is 4.79 Å². The molecule has 0 aliphatic rings. The van der Waals surface area contributed by atoms with Crippen molar-refractivity contribution in [3.63, 3.8) is 0 Å². The quantitative estimate of drug-likeness (QED) is 0.577. The molecule has 0 saturated heterocycles. The maximum atomic E-state index is 12.1. The van der Waals surface area contributed by atoms with Crippen LogP contribution in [-0.4, -0.2) is 19.4 Å². The summed E-state index contributed by atoms with van der Waals surface area (Å²) < 4.78 is 0. The third-order valence-electron chi connectivity index (χ3n) is 2.87. The van der Waals surface area contributed by atoms with E-state index in [4.69, 9.17) is 0 Å². The number of rotatable bonds is 7. The molecule has 0 amide bonds. The van der Waals surface area contributed by atoms with E-state index in [2.05, 4.69) is 11.9 Å². The standard InChI is InChI=1S/C15H21NO/c1-4-12(2)11-15(17)14-8-6-5-7-13(14)9-10-16-3/h5-8,16H,2,4,9-11H2,1,3H3. The summed E-state index contributed by atoms with van der Waals surface area (Å²) in [5, 5.41) is 3.11. The van der Waals surface area contributed by atoms with Crippen molar-refractivity contribution in [2.24, 2.45) is 0 Å². The van der Waals surface area contributed by atoms with E-state index < -0.39 is 0 Å². The molecule has 0 spiro atoms. The first-order chi connectivity index (χ1) is 8.19. The summed E-state index contributed by atoms with van der Waals surface area (Å²) in [6, 6.07) is 7.84. The van der Waals surface area contributed by atoms with Gasteiger partial charge in [0.05, 0.1) is 0 Å². The number of hydrogen-bond donors (Lipinski definition) is 1. The molecular formula is C15H21NO. The van der Waals surface area contributed by atoms with Gasteiger partial charge in [0.15, 0.2) is 5.78 Å². The summed E-state index contributed by atoms with van der Waals surface area (Å²) in [4.78, 5) is 12.1. The number of hydrogen-bond acceptors (Lipinski definition) is 2. The van der Waals surface area contributed by atoms with Gasteiger partial charge in [-0.1, -0.05) is 43.3 Å². The molecule has 1 N–H and O–H groups in total. The second-order valence-electron chi connectivity index (χ2n) is 4.21. The minimum absolute atomic E-state index is 0.184. The number of benzene rings is 1. The highest BCUT2D eigenvalue weighted by molar-refractivity contribution is 5.98.